The normalized spacial score (nSPS) is 10.7. The van der Waals surface area contributed by atoms with Gasteiger partial charge in [-0.3, -0.25) is 0 Å². The summed E-state index contributed by atoms with van der Waals surface area (Å²) in [6, 6.07) is 5.52. The highest BCUT2D eigenvalue weighted by Crippen LogP contribution is 2.24. The van der Waals surface area contributed by atoms with E-state index in [1.54, 1.807) is 4.68 Å². The van der Waals surface area contributed by atoms with Crippen LogP contribution in [0, 0.1) is 0 Å². The smallest absolute Gasteiger partial charge is 0.0844 e. The summed E-state index contributed by atoms with van der Waals surface area (Å²) in [7, 11) is 0. The number of nitrogens with zero attached hydrogens (tertiary/aromatic N) is 3. The van der Waals surface area contributed by atoms with Crippen LogP contribution >= 0.6 is 27.5 Å². The Morgan fingerprint density at radius 1 is 1.44 bits per heavy atom. The van der Waals surface area contributed by atoms with E-state index in [0.29, 0.717) is 11.6 Å². The van der Waals surface area contributed by atoms with E-state index >= 15 is 0 Å². The molecular formula is C10H10BrClN4. The van der Waals surface area contributed by atoms with Crippen LogP contribution in [0.3, 0.4) is 0 Å². The molecule has 0 radical (unpaired) electrons. The number of hydrogen-bond donors (Lipinski definition) is 1. The number of rotatable bonds is 3. The summed E-state index contributed by atoms with van der Waals surface area (Å²) in [4.78, 5) is 0. The third-order valence-electron chi connectivity index (χ3n) is 2.10. The highest BCUT2D eigenvalue weighted by Gasteiger charge is 2.06. The average molecular weight is 302 g/mol. The summed E-state index contributed by atoms with van der Waals surface area (Å²) in [5.41, 5.74) is 7.19. The standard InChI is InChI=1S/C10H10BrClN4/c11-9-2-1-7(12)5-10(9)16-6-8(3-4-13)14-15-16/h1-2,5-6H,3-4,13H2. The predicted octanol–water partition coefficient (Wildman–Crippen LogP) is 2.18. The first-order valence-electron chi connectivity index (χ1n) is 4.77. The largest absolute Gasteiger partial charge is 0.330 e. The van der Waals surface area contributed by atoms with Gasteiger partial charge in [0, 0.05) is 15.9 Å². The summed E-state index contributed by atoms with van der Waals surface area (Å²) in [6.07, 6.45) is 2.57. The lowest BCUT2D eigenvalue weighted by atomic mass is 10.3. The molecule has 0 spiro atoms. The number of halogens is 2. The van der Waals surface area contributed by atoms with Crippen molar-refractivity contribution < 1.29 is 0 Å². The first kappa shape index (κ1) is 11.6. The monoisotopic (exact) mass is 300 g/mol. The Morgan fingerprint density at radius 3 is 3.00 bits per heavy atom. The fourth-order valence-electron chi connectivity index (χ4n) is 1.34. The van der Waals surface area contributed by atoms with Crippen LogP contribution in [0.1, 0.15) is 5.69 Å². The number of benzene rings is 1. The van der Waals surface area contributed by atoms with Crippen molar-refractivity contribution in [1.82, 2.24) is 15.0 Å². The molecule has 0 aliphatic heterocycles. The summed E-state index contributed by atoms with van der Waals surface area (Å²) in [6.45, 7) is 0.565. The summed E-state index contributed by atoms with van der Waals surface area (Å²) in [5, 5.41) is 8.71. The van der Waals surface area contributed by atoms with E-state index in [1.165, 1.54) is 0 Å². The van der Waals surface area contributed by atoms with Gasteiger partial charge in [-0.05, 0) is 40.7 Å². The molecule has 2 rings (SSSR count). The van der Waals surface area contributed by atoms with Crippen LogP contribution in [0.2, 0.25) is 5.02 Å². The van der Waals surface area contributed by atoms with Crippen molar-refractivity contribution in [2.45, 2.75) is 6.42 Å². The Bertz CT molecular complexity index is 497. The van der Waals surface area contributed by atoms with Crippen molar-refractivity contribution in [2.24, 2.45) is 5.73 Å². The molecule has 1 aromatic heterocycles. The van der Waals surface area contributed by atoms with Crippen molar-refractivity contribution in [3.05, 3.63) is 39.6 Å². The van der Waals surface area contributed by atoms with E-state index in [4.69, 9.17) is 17.3 Å². The molecule has 1 aromatic carbocycles. The van der Waals surface area contributed by atoms with Crippen LogP contribution in [0.5, 0.6) is 0 Å². The molecule has 2 aromatic rings. The molecule has 2 N–H and O–H groups in total. The summed E-state index contributed by atoms with van der Waals surface area (Å²) in [5.74, 6) is 0. The number of nitrogens with two attached hydrogens (primary N) is 1. The van der Waals surface area contributed by atoms with E-state index in [-0.39, 0.29) is 0 Å². The molecule has 84 valence electrons. The van der Waals surface area contributed by atoms with Gasteiger partial charge in [0.1, 0.15) is 0 Å². The van der Waals surface area contributed by atoms with E-state index < -0.39 is 0 Å². The fraction of sp³-hybridized carbons (Fsp3) is 0.200. The molecule has 0 amide bonds. The third-order valence-corrected chi connectivity index (χ3v) is 3.00. The van der Waals surface area contributed by atoms with Crippen molar-refractivity contribution >= 4 is 27.5 Å². The minimum atomic E-state index is 0.565. The van der Waals surface area contributed by atoms with Crippen LogP contribution in [-0.4, -0.2) is 21.5 Å². The van der Waals surface area contributed by atoms with Crippen LogP contribution in [0.15, 0.2) is 28.9 Å². The van der Waals surface area contributed by atoms with E-state index in [2.05, 4.69) is 26.2 Å². The SMILES string of the molecule is NCCc1cn(-c2cc(Cl)ccc2Br)nn1. The van der Waals surface area contributed by atoms with Crippen LogP contribution in [0.25, 0.3) is 5.69 Å². The average Bonchev–Trinajstić information content (AvgIpc) is 2.71. The maximum atomic E-state index is 5.93. The maximum Gasteiger partial charge on any atom is 0.0844 e. The number of hydrogen-bond acceptors (Lipinski definition) is 3. The zero-order chi connectivity index (χ0) is 11.5. The Balaban J connectivity index is 2.38. The van der Waals surface area contributed by atoms with E-state index in [9.17, 15) is 0 Å². The molecule has 1 heterocycles. The fourth-order valence-corrected chi connectivity index (χ4v) is 1.93. The van der Waals surface area contributed by atoms with Gasteiger partial charge in [-0.2, -0.15) is 0 Å². The molecule has 6 heteroatoms. The van der Waals surface area contributed by atoms with Crippen LogP contribution in [0.4, 0.5) is 0 Å². The van der Waals surface area contributed by atoms with Crippen molar-refractivity contribution in [3.63, 3.8) is 0 Å². The minimum absolute atomic E-state index is 0.565. The van der Waals surface area contributed by atoms with Gasteiger partial charge in [0.05, 0.1) is 17.6 Å². The van der Waals surface area contributed by atoms with Crippen molar-refractivity contribution in [2.75, 3.05) is 6.54 Å². The van der Waals surface area contributed by atoms with Crippen LogP contribution in [-0.2, 0) is 6.42 Å². The minimum Gasteiger partial charge on any atom is -0.330 e. The lowest BCUT2D eigenvalue weighted by molar-refractivity contribution is 0.792. The second kappa shape index (κ2) is 4.95. The molecule has 0 atom stereocenters. The molecule has 4 nitrogen and oxygen atoms in total. The Kier molecular flexibility index (Phi) is 3.58. The Morgan fingerprint density at radius 2 is 2.25 bits per heavy atom. The van der Waals surface area contributed by atoms with Gasteiger partial charge in [0.25, 0.3) is 0 Å². The molecule has 0 fully saturated rings. The first-order valence-corrected chi connectivity index (χ1v) is 5.94. The van der Waals surface area contributed by atoms with Gasteiger partial charge in [0.2, 0.25) is 0 Å². The Hall–Kier alpha value is -0.910. The Labute approximate surface area is 107 Å². The van der Waals surface area contributed by atoms with Crippen molar-refractivity contribution in [1.29, 1.82) is 0 Å². The highest BCUT2D eigenvalue weighted by atomic mass is 79.9. The topological polar surface area (TPSA) is 56.7 Å². The first-order chi connectivity index (χ1) is 7.70. The molecule has 16 heavy (non-hydrogen) atoms. The second-order valence-corrected chi connectivity index (χ2v) is 4.58. The van der Waals surface area contributed by atoms with Gasteiger partial charge in [-0.25, -0.2) is 4.68 Å². The molecular weight excluding hydrogens is 291 g/mol. The van der Waals surface area contributed by atoms with E-state index in [1.807, 2.05) is 24.4 Å². The predicted molar refractivity (Wildman–Crippen MR) is 66.8 cm³/mol. The highest BCUT2D eigenvalue weighted by molar-refractivity contribution is 9.10. The molecule has 0 saturated carbocycles. The maximum absolute atomic E-state index is 5.93. The lowest BCUT2D eigenvalue weighted by Crippen LogP contribution is -2.02. The van der Waals surface area contributed by atoms with E-state index in [0.717, 1.165) is 22.3 Å². The second-order valence-electron chi connectivity index (χ2n) is 3.29. The molecule has 0 aliphatic rings. The zero-order valence-corrected chi connectivity index (χ0v) is 10.7. The van der Waals surface area contributed by atoms with Crippen LogP contribution < -0.4 is 5.73 Å². The van der Waals surface area contributed by atoms with Crippen molar-refractivity contribution in [3.8, 4) is 5.69 Å². The molecule has 0 saturated heterocycles. The number of aromatic nitrogens is 3. The van der Waals surface area contributed by atoms with Gasteiger partial charge >= 0.3 is 0 Å². The summed E-state index contributed by atoms with van der Waals surface area (Å²) >= 11 is 9.38. The molecule has 0 bridgehead atoms. The van der Waals surface area contributed by atoms with Gasteiger partial charge < -0.3 is 5.73 Å². The van der Waals surface area contributed by atoms with Gasteiger partial charge in [-0.1, -0.05) is 16.8 Å². The van der Waals surface area contributed by atoms with Gasteiger partial charge in [0.15, 0.2) is 0 Å². The quantitative estimate of drug-likeness (QED) is 0.945. The lowest BCUT2D eigenvalue weighted by Gasteiger charge is -2.03. The molecule has 0 unspecified atom stereocenters. The third kappa shape index (κ3) is 2.42. The van der Waals surface area contributed by atoms with Gasteiger partial charge in [-0.15, -0.1) is 5.10 Å². The molecule has 0 aliphatic carbocycles. The summed E-state index contributed by atoms with van der Waals surface area (Å²) < 4.78 is 2.60. The zero-order valence-electron chi connectivity index (χ0n) is 8.40.